The van der Waals surface area contributed by atoms with E-state index in [0.717, 1.165) is 18.2 Å². The fraction of sp³-hybridized carbons (Fsp3) is 0.538. The van der Waals surface area contributed by atoms with Crippen LogP contribution in [0.4, 0.5) is 0 Å². The summed E-state index contributed by atoms with van der Waals surface area (Å²) in [5.41, 5.74) is 1.41. The van der Waals surface area contributed by atoms with Crippen LogP contribution < -0.4 is 10.1 Å². The van der Waals surface area contributed by atoms with Gasteiger partial charge in [-0.25, -0.2) is 0 Å². The molecule has 0 spiro atoms. The maximum atomic E-state index is 5.14. The molecular weight excluding hydrogens is 186 g/mol. The first-order chi connectivity index (χ1) is 7.28. The summed E-state index contributed by atoms with van der Waals surface area (Å²) < 4.78 is 5.14. The smallest absolute Gasteiger partial charge is 0.118 e. The van der Waals surface area contributed by atoms with Crippen LogP contribution in [-0.2, 0) is 6.42 Å². The summed E-state index contributed by atoms with van der Waals surface area (Å²) in [6.07, 6.45) is 2.48. The van der Waals surface area contributed by atoms with Crippen LogP contribution >= 0.6 is 0 Å². The van der Waals surface area contributed by atoms with Crippen LogP contribution in [0.15, 0.2) is 24.3 Å². The Bertz CT molecular complexity index is 307. The fourth-order valence-electron chi connectivity index (χ4n) is 2.28. The molecule has 1 aliphatic rings. The molecule has 2 heteroatoms. The van der Waals surface area contributed by atoms with Crippen LogP contribution in [0.25, 0.3) is 0 Å². The van der Waals surface area contributed by atoms with Crippen molar-refractivity contribution in [2.75, 3.05) is 13.7 Å². The van der Waals surface area contributed by atoms with Crippen molar-refractivity contribution >= 4 is 0 Å². The SMILES string of the molecule is COc1ccc(CC2CNC(C)C2)cc1. The summed E-state index contributed by atoms with van der Waals surface area (Å²) in [5.74, 6) is 1.74. The van der Waals surface area contributed by atoms with E-state index in [1.165, 1.54) is 18.4 Å². The van der Waals surface area contributed by atoms with Gasteiger partial charge in [0.2, 0.25) is 0 Å². The molecule has 0 aliphatic carbocycles. The van der Waals surface area contributed by atoms with E-state index >= 15 is 0 Å². The first-order valence-corrected chi connectivity index (χ1v) is 5.64. The van der Waals surface area contributed by atoms with Crippen LogP contribution in [-0.4, -0.2) is 19.7 Å². The van der Waals surface area contributed by atoms with E-state index in [4.69, 9.17) is 4.74 Å². The monoisotopic (exact) mass is 205 g/mol. The zero-order valence-corrected chi connectivity index (χ0v) is 9.49. The molecule has 2 atom stereocenters. The third kappa shape index (κ3) is 2.72. The highest BCUT2D eigenvalue weighted by atomic mass is 16.5. The molecule has 0 bridgehead atoms. The molecule has 0 saturated carbocycles. The lowest BCUT2D eigenvalue weighted by Crippen LogP contribution is -2.17. The zero-order chi connectivity index (χ0) is 10.7. The summed E-state index contributed by atoms with van der Waals surface area (Å²) in [4.78, 5) is 0. The normalized spacial score (nSPS) is 25.5. The number of nitrogens with one attached hydrogen (secondary N) is 1. The third-order valence-corrected chi connectivity index (χ3v) is 3.13. The Kier molecular flexibility index (Phi) is 3.27. The van der Waals surface area contributed by atoms with Gasteiger partial charge in [0.25, 0.3) is 0 Å². The average Bonchev–Trinajstić information content (AvgIpc) is 2.65. The lowest BCUT2D eigenvalue weighted by Gasteiger charge is -2.08. The maximum Gasteiger partial charge on any atom is 0.118 e. The molecule has 1 heterocycles. The topological polar surface area (TPSA) is 21.3 Å². The average molecular weight is 205 g/mol. The summed E-state index contributed by atoms with van der Waals surface area (Å²) in [7, 11) is 1.71. The van der Waals surface area contributed by atoms with Gasteiger partial charge in [0.1, 0.15) is 5.75 Å². The number of hydrogen-bond donors (Lipinski definition) is 1. The Labute approximate surface area is 91.6 Å². The number of benzene rings is 1. The van der Waals surface area contributed by atoms with E-state index in [2.05, 4.69) is 24.4 Å². The summed E-state index contributed by atoms with van der Waals surface area (Å²) >= 11 is 0. The van der Waals surface area contributed by atoms with Gasteiger partial charge in [-0.15, -0.1) is 0 Å². The lowest BCUT2D eigenvalue weighted by molar-refractivity contribution is 0.414. The summed E-state index contributed by atoms with van der Waals surface area (Å²) in [6.45, 7) is 3.42. The van der Waals surface area contributed by atoms with Gasteiger partial charge < -0.3 is 10.1 Å². The van der Waals surface area contributed by atoms with Crippen LogP contribution in [0.1, 0.15) is 18.9 Å². The second-order valence-corrected chi connectivity index (χ2v) is 4.46. The van der Waals surface area contributed by atoms with E-state index in [1.807, 2.05) is 12.1 Å². The fourth-order valence-corrected chi connectivity index (χ4v) is 2.28. The quantitative estimate of drug-likeness (QED) is 0.817. The van der Waals surface area contributed by atoms with Gasteiger partial charge in [-0.3, -0.25) is 0 Å². The van der Waals surface area contributed by atoms with Gasteiger partial charge in [0.05, 0.1) is 7.11 Å². The van der Waals surface area contributed by atoms with Crippen molar-refractivity contribution in [1.29, 1.82) is 0 Å². The Morgan fingerprint density at radius 2 is 2.07 bits per heavy atom. The van der Waals surface area contributed by atoms with E-state index in [9.17, 15) is 0 Å². The molecule has 15 heavy (non-hydrogen) atoms. The molecule has 0 radical (unpaired) electrons. The van der Waals surface area contributed by atoms with Crippen LogP contribution in [0.5, 0.6) is 5.75 Å². The minimum Gasteiger partial charge on any atom is -0.497 e. The molecule has 1 saturated heterocycles. The van der Waals surface area contributed by atoms with Crippen LogP contribution in [0.2, 0.25) is 0 Å². The van der Waals surface area contributed by atoms with Gasteiger partial charge in [-0.1, -0.05) is 12.1 Å². The largest absolute Gasteiger partial charge is 0.497 e. The Hall–Kier alpha value is -1.02. The highest BCUT2D eigenvalue weighted by Gasteiger charge is 2.20. The van der Waals surface area contributed by atoms with Gasteiger partial charge in [0, 0.05) is 6.04 Å². The molecule has 0 amide bonds. The van der Waals surface area contributed by atoms with Gasteiger partial charge in [-0.05, 0) is 49.9 Å². The Morgan fingerprint density at radius 1 is 1.33 bits per heavy atom. The van der Waals surface area contributed by atoms with Crippen molar-refractivity contribution in [3.63, 3.8) is 0 Å². The predicted octanol–water partition coefficient (Wildman–Crippen LogP) is 2.24. The molecule has 1 aromatic carbocycles. The minimum atomic E-state index is 0.688. The molecule has 2 nitrogen and oxygen atoms in total. The number of ether oxygens (including phenoxy) is 1. The molecule has 1 fully saturated rings. The van der Waals surface area contributed by atoms with Crippen molar-refractivity contribution < 1.29 is 4.74 Å². The van der Waals surface area contributed by atoms with Crippen molar-refractivity contribution in [3.05, 3.63) is 29.8 Å². The number of rotatable bonds is 3. The zero-order valence-electron chi connectivity index (χ0n) is 9.49. The standard InChI is InChI=1S/C13H19NO/c1-10-7-12(9-14-10)8-11-3-5-13(15-2)6-4-11/h3-6,10,12,14H,7-9H2,1-2H3. The van der Waals surface area contributed by atoms with Gasteiger partial charge >= 0.3 is 0 Å². The molecule has 82 valence electrons. The molecule has 1 N–H and O–H groups in total. The molecule has 0 aromatic heterocycles. The van der Waals surface area contributed by atoms with Crippen molar-refractivity contribution in [3.8, 4) is 5.75 Å². The molecule has 2 unspecified atom stereocenters. The molecular formula is C13H19NO. The number of hydrogen-bond acceptors (Lipinski definition) is 2. The lowest BCUT2D eigenvalue weighted by atomic mass is 9.97. The first-order valence-electron chi connectivity index (χ1n) is 5.64. The second kappa shape index (κ2) is 4.67. The summed E-state index contributed by atoms with van der Waals surface area (Å²) in [5, 5.41) is 3.49. The van der Waals surface area contributed by atoms with Crippen molar-refractivity contribution in [1.82, 2.24) is 5.32 Å². The van der Waals surface area contributed by atoms with Crippen molar-refractivity contribution in [2.45, 2.75) is 25.8 Å². The van der Waals surface area contributed by atoms with E-state index < -0.39 is 0 Å². The highest BCUT2D eigenvalue weighted by Crippen LogP contribution is 2.20. The predicted molar refractivity (Wildman–Crippen MR) is 62.3 cm³/mol. The minimum absolute atomic E-state index is 0.688. The van der Waals surface area contributed by atoms with Crippen LogP contribution in [0, 0.1) is 5.92 Å². The number of methoxy groups -OCH3 is 1. The first kappa shape index (κ1) is 10.5. The van der Waals surface area contributed by atoms with Gasteiger partial charge in [-0.2, -0.15) is 0 Å². The van der Waals surface area contributed by atoms with E-state index in [0.29, 0.717) is 6.04 Å². The molecule has 1 aliphatic heterocycles. The van der Waals surface area contributed by atoms with E-state index in [1.54, 1.807) is 7.11 Å². The third-order valence-electron chi connectivity index (χ3n) is 3.13. The maximum absolute atomic E-state index is 5.14. The van der Waals surface area contributed by atoms with Gasteiger partial charge in [0.15, 0.2) is 0 Å². The van der Waals surface area contributed by atoms with Crippen molar-refractivity contribution in [2.24, 2.45) is 5.92 Å². The Morgan fingerprint density at radius 3 is 2.60 bits per heavy atom. The van der Waals surface area contributed by atoms with E-state index in [-0.39, 0.29) is 0 Å². The second-order valence-electron chi connectivity index (χ2n) is 4.46. The molecule has 1 aromatic rings. The van der Waals surface area contributed by atoms with Crippen LogP contribution in [0.3, 0.4) is 0 Å². The summed E-state index contributed by atoms with van der Waals surface area (Å²) in [6, 6.07) is 9.11. The Balaban J connectivity index is 1.93. The highest BCUT2D eigenvalue weighted by molar-refractivity contribution is 5.27. The molecule has 2 rings (SSSR count).